The fourth-order valence-corrected chi connectivity index (χ4v) is 4.52. The Morgan fingerprint density at radius 3 is 2.04 bits per heavy atom. The van der Waals surface area contributed by atoms with Gasteiger partial charge in [-0.2, -0.15) is 4.31 Å². The molecule has 1 amide bonds. The Hall–Kier alpha value is -2.22. The molecule has 1 fully saturated rings. The zero-order valence-electron chi connectivity index (χ0n) is 14.5. The molecule has 26 heavy (non-hydrogen) atoms. The number of rotatable bonds is 5. The smallest absolute Gasteiger partial charge is 0.243 e. The van der Waals surface area contributed by atoms with E-state index in [4.69, 9.17) is 5.73 Å². The van der Waals surface area contributed by atoms with Crippen molar-refractivity contribution >= 4 is 15.9 Å². The lowest BCUT2D eigenvalue weighted by atomic mass is 10.1. The summed E-state index contributed by atoms with van der Waals surface area (Å²) in [4.78, 5) is 14.5. The number of piperazine rings is 1. The third kappa shape index (κ3) is 4.12. The molecule has 2 aromatic rings. The Morgan fingerprint density at radius 1 is 0.923 bits per heavy atom. The van der Waals surface area contributed by atoms with Crippen LogP contribution in [0, 0.1) is 0 Å². The van der Waals surface area contributed by atoms with Crippen LogP contribution in [0.2, 0.25) is 0 Å². The van der Waals surface area contributed by atoms with Gasteiger partial charge in [-0.3, -0.25) is 4.79 Å². The molecule has 6 nitrogen and oxygen atoms in total. The SMILES string of the molecule is NC(Cc1ccccc1)C(=O)N1CCN(S(=O)(=O)c2ccccc2)CC1. The van der Waals surface area contributed by atoms with Crippen LogP contribution in [0.5, 0.6) is 0 Å². The fraction of sp³-hybridized carbons (Fsp3) is 0.316. The first-order chi connectivity index (χ1) is 12.5. The van der Waals surface area contributed by atoms with Gasteiger partial charge in [0.25, 0.3) is 0 Å². The van der Waals surface area contributed by atoms with Crippen LogP contribution in [0.3, 0.4) is 0 Å². The number of nitrogens with two attached hydrogens (primary N) is 1. The van der Waals surface area contributed by atoms with Crippen molar-refractivity contribution in [3.8, 4) is 0 Å². The van der Waals surface area contributed by atoms with Gasteiger partial charge >= 0.3 is 0 Å². The summed E-state index contributed by atoms with van der Waals surface area (Å²) in [6.45, 7) is 1.27. The van der Waals surface area contributed by atoms with E-state index in [1.54, 1.807) is 35.2 Å². The van der Waals surface area contributed by atoms with E-state index in [1.807, 2.05) is 30.3 Å². The van der Waals surface area contributed by atoms with Crippen molar-refractivity contribution in [2.75, 3.05) is 26.2 Å². The molecule has 2 aromatic carbocycles. The van der Waals surface area contributed by atoms with Crippen molar-refractivity contribution in [1.29, 1.82) is 0 Å². The van der Waals surface area contributed by atoms with E-state index in [-0.39, 0.29) is 23.9 Å². The molecule has 1 unspecified atom stereocenters. The van der Waals surface area contributed by atoms with Gasteiger partial charge in [-0.15, -0.1) is 0 Å². The van der Waals surface area contributed by atoms with Crippen LogP contribution in [-0.4, -0.2) is 55.8 Å². The molecule has 1 aliphatic rings. The molecule has 138 valence electrons. The molecule has 3 rings (SSSR count). The van der Waals surface area contributed by atoms with E-state index in [0.717, 1.165) is 5.56 Å². The fourth-order valence-electron chi connectivity index (χ4n) is 3.08. The average Bonchev–Trinajstić information content (AvgIpc) is 2.69. The highest BCUT2D eigenvalue weighted by atomic mass is 32.2. The third-order valence-electron chi connectivity index (χ3n) is 4.55. The van der Waals surface area contributed by atoms with Crippen molar-refractivity contribution in [2.24, 2.45) is 5.73 Å². The number of carbonyl (C=O) groups is 1. The molecule has 1 aliphatic heterocycles. The van der Waals surface area contributed by atoms with Gasteiger partial charge in [-0.05, 0) is 24.1 Å². The second-order valence-electron chi connectivity index (χ2n) is 6.34. The summed E-state index contributed by atoms with van der Waals surface area (Å²) >= 11 is 0. The molecular weight excluding hydrogens is 350 g/mol. The maximum absolute atomic E-state index is 12.6. The zero-order valence-corrected chi connectivity index (χ0v) is 15.3. The Kier molecular flexibility index (Phi) is 5.70. The number of benzene rings is 2. The lowest BCUT2D eigenvalue weighted by Gasteiger charge is -2.35. The second kappa shape index (κ2) is 7.99. The van der Waals surface area contributed by atoms with E-state index in [2.05, 4.69) is 0 Å². The monoisotopic (exact) mass is 373 g/mol. The predicted octanol–water partition coefficient (Wildman–Crippen LogP) is 1.09. The molecule has 2 N–H and O–H groups in total. The van der Waals surface area contributed by atoms with Gasteiger partial charge in [-0.1, -0.05) is 48.5 Å². The minimum atomic E-state index is -3.52. The average molecular weight is 373 g/mol. The summed E-state index contributed by atoms with van der Waals surface area (Å²) in [7, 11) is -3.52. The van der Waals surface area contributed by atoms with E-state index in [1.165, 1.54) is 4.31 Å². The van der Waals surface area contributed by atoms with Gasteiger partial charge in [0.05, 0.1) is 10.9 Å². The quantitative estimate of drug-likeness (QED) is 0.850. The minimum absolute atomic E-state index is 0.134. The highest BCUT2D eigenvalue weighted by Crippen LogP contribution is 2.17. The zero-order chi connectivity index (χ0) is 18.6. The Morgan fingerprint density at radius 2 is 1.46 bits per heavy atom. The molecule has 0 spiro atoms. The molecule has 0 aromatic heterocycles. The molecule has 0 bridgehead atoms. The normalized spacial score (nSPS) is 17.0. The second-order valence-corrected chi connectivity index (χ2v) is 8.28. The molecule has 0 radical (unpaired) electrons. The van der Waals surface area contributed by atoms with Crippen LogP contribution in [0.15, 0.2) is 65.6 Å². The number of hydrogen-bond acceptors (Lipinski definition) is 4. The van der Waals surface area contributed by atoms with E-state index in [0.29, 0.717) is 19.5 Å². The van der Waals surface area contributed by atoms with Crippen LogP contribution in [0.1, 0.15) is 5.56 Å². The van der Waals surface area contributed by atoms with Crippen molar-refractivity contribution in [3.63, 3.8) is 0 Å². The van der Waals surface area contributed by atoms with Crippen LogP contribution >= 0.6 is 0 Å². The molecular formula is C19H23N3O3S. The van der Waals surface area contributed by atoms with Crippen molar-refractivity contribution in [1.82, 2.24) is 9.21 Å². The largest absolute Gasteiger partial charge is 0.339 e. The minimum Gasteiger partial charge on any atom is -0.339 e. The van der Waals surface area contributed by atoms with E-state index < -0.39 is 16.1 Å². The topological polar surface area (TPSA) is 83.7 Å². The number of amides is 1. The van der Waals surface area contributed by atoms with Crippen LogP contribution in [0.4, 0.5) is 0 Å². The predicted molar refractivity (Wildman–Crippen MR) is 99.9 cm³/mol. The molecule has 0 saturated carbocycles. The number of nitrogens with zero attached hydrogens (tertiary/aromatic N) is 2. The summed E-state index contributed by atoms with van der Waals surface area (Å²) in [5.41, 5.74) is 7.08. The van der Waals surface area contributed by atoms with Gasteiger partial charge < -0.3 is 10.6 Å². The summed E-state index contributed by atoms with van der Waals surface area (Å²) < 4.78 is 26.7. The van der Waals surface area contributed by atoms with Crippen LogP contribution in [0.25, 0.3) is 0 Å². The van der Waals surface area contributed by atoms with Crippen molar-refractivity contribution in [2.45, 2.75) is 17.4 Å². The Balaban J connectivity index is 1.59. The summed E-state index contributed by atoms with van der Waals surface area (Å²) in [6, 6.07) is 17.4. The first-order valence-electron chi connectivity index (χ1n) is 8.62. The Bertz CT molecular complexity index is 833. The van der Waals surface area contributed by atoms with Gasteiger partial charge in [0, 0.05) is 26.2 Å². The molecule has 1 saturated heterocycles. The highest BCUT2D eigenvalue weighted by molar-refractivity contribution is 7.89. The molecule has 1 atom stereocenters. The maximum atomic E-state index is 12.6. The van der Waals surface area contributed by atoms with E-state index >= 15 is 0 Å². The number of hydrogen-bond donors (Lipinski definition) is 1. The number of sulfonamides is 1. The van der Waals surface area contributed by atoms with Crippen LogP contribution < -0.4 is 5.73 Å². The first-order valence-corrected chi connectivity index (χ1v) is 10.1. The first kappa shape index (κ1) is 18.6. The molecule has 7 heteroatoms. The summed E-state index contributed by atoms with van der Waals surface area (Å²) in [5.74, 6) is -0.134. The third-order valence-corrected chi connectivity index (χ3v) is 6.46. The standard InChI is InChI=1S/C19H23N3O3S/c20-18(15-16-7-3-1-4-8-16)19(23)21-11-13-22(14-12-21)26(24,25)17-9-5-2-6-10-17/h1-10,18H,11-15,20H2. The lowest BCUT2D eigenvalue weighted by molar-refractivity contribution is -0.133. The van der Waals surface area contributed by atoms with Gasteiger partial charge in [-0.25, -0.2) is 8.42 Å². The number of carbonyl (C=O) groups excluding carboxylic acids is 1. The van der Waals surface area contributed by atoms with Gasteiger partial charge in [0.1, 0.15) is 0 Å². The van der Waals surface area contributed by atoms with E-state index in [9.17, 15) is 13.2 Å². The van der Waals surface area contributed by atoms with Crippen LogP contribution in [-0.2, 0) is 21.2 Å². The van der Waals surface area contributed by atoms with Crippen molar-refractivity contribution < 1.29 is 13.2 Å². The summed E-state index contributed by atoms with van der Waals surface area (Å²) in [6.07, 6.45) is 0.474. The molecule has 0 aliphatic carbocycles. The summed E-state index contributed by atoms with van der Waals surface area (Å²) in [5, 5.41) is 0. The van der Waals surface area contributed by atoms with Gasteiger partial charge in [0.2, 0.25) is 15.9 Å². The van der Waals surface area contributed by atoms with Crippen molar-refractivity contribution in [3.05, 3.63) is 66.2 Å². The molecule has 1 heterocycles. The van der Waals surface area contributed by atoms with Gasteiger partial charge in [0.15, 0.2) is 0 Å². The highest BCUT2D eigenvalue weighted by Gasteiger charge is 2.31. The lowest BCUT2D eigenvalue weighted by Crippen LogP contribution is -2.54. The maximum Gasteiger partial charge on any atom is 0.243 e. The Labute approximate surface area is 154 Å².